The Labute approximate surface area is 101 Å². The summed E-state index contributed by atoms with van der Waals surface area (Å²) in [4.78, 5) is 8.25. The van der Waals surface area contributed by atoms with Gasteiger partial charge in [0, 0.05) is 30.5 Å². The van der Waals surface area contributed by atoms with Gasteiger partial charge in [0.1, 0.15) is 0 Å². The molecule has 0 spiro atoms. The fraction of sp³-hybridized carbons (Fsp3) is 0.385. The van der Waals surface area contributed by atoms with E-state index in [0.29, 0.717) is 5.92 Å². The van der Waals surface area contributed by atoms with Crippen molar-refractivity contribution in [1.29, 1.82) is 0 Å². The fourth-order valence-corrected chi connectivity index (χ4v) is 2.13. The highest BCUT2D eigenvalue weighted by Gasteiger charge is 2.28. The minimum absolute atomic E-state index is 0.254. The normalized spacial score (nSPS) is 17.0. The predicted octanol–water partition coefficient (Wildman–Crippen LogP) is 1.68. The first-order valence-corrected chi connectivity index (χ1v) is 6.00. The van der Waals surface area contributed by atoms with E-state index in [1.54, 1.807) is 12.4 Å². The van der Waals surface area contributed by atoms with Crippen LogP contribution in [0, 0.1) is 5.92 Å². The number of hydrogen-bond acceptors (Lipinski definition) is 3. The molecule has 1 atom stereocenters. The largest absolute Gasteiger partial charge is 0.329 e. The average Bonchev–Trinajstić information content (AvgIpc) is 3.12. The van der Waals surface area contributed by atoms with Gasteiger partial charge in [0.15, 0.2) is 0 Å². The van der Waals surface area contributed by atoms with Gasteiger partial charge < -0.3 is 10.3 Å². The lowest BCUT2D eigenvalue weighted by atomic mass is 10.1. The van der Waals surface area contributed by atoms with Crippen LogP contribution in [0.2, 0.25) is 0 Å². The van der Waals surface area contributed by atoms with Crippen molar-refractivity contribution in [3.63, 3.8) is 0 Å². The van der Waals surface area contributed by atoms with Gasteiger partial charge in [0.25, 0.3) is 0 Å². The van der Waals surface area contributed by atoms with Gasteiger partial charge in [-0.15, -0.1) is 0 Å². The molecule has 4 nitrogen and oxygen atoms in total. The summed E-state index contributed by atoms with van der Waals surface area (Å²) in [6, 6.07) is 4.25. The number of nitrogens with zero attached hydrogens (tertiary/aromatic N) is 3. The van der Waals surface area contributed by atoms with Crippen LogP contribution in [-0.4, -0.2) is 20.6 Å². The lowest BCUT2D eigenvalue weighted by molar-refractivity contribution is 0.505. The topological polar surface area (TPSA) is 56.7 Å². The van der Waals surface area contributed by atoms with Crippen LogP contribution < -0.4 is 5.73 Å². The standard InChI is InChI=1S/C13H16N4/c14-12(10-1-2-10)8-17-9-16-7-13(17)11-3-5-15-6-4-11/h3-7,9-10,12H,1-2,8,14H2. The second-order valence-corrected chi connectivity index (χ2v) is 4.67. The molecule has 0 bridgehead atoms. The molecule has 4 heteroatoms. The Morgan fingerprint density at radius 3 is 2.76 bits per heavy atom. The van der Waals surface area contributed by atoms with Gasteiger partial charge >= 0.3 is 0 Å². The molecule has 0 saturated heterocycles. The maximum absolute atomic E-state index is 6.16. The molecule has 0 radical (unpaired) electrons. The molecule has 2 aromatic heterocycles. The van der Waals surface area contributed by atoms with E-state index in [2.05, 4.69) is 14.5 Å². The SMILES string of the molecule is NC(Cn1cncc1-c1ccncc1)C1CC1. The summed E-state index contributed by atoms with van der Waals surface area (Å²) in [5.41, 5.74) is 8.41. The lowest BCUT2D eigenvalue weighted by Crippen LogP contribution is -2.28. The summed E-state index contributed by atoms with van der Waals surface area (Å²) in [7, 11) is 0. The lowest BCUT2D eigenvalue weighted by Gasteiger charge is -2.13. The van der Waals surface area contributed by atoms with E-state index in [1.165, 1.54) is 12.8 Å². The van der Waals surface area contributed by atoms with Crippen molar-refractivity contribution in [3.8, 4) is 11.3 Å². The first-order chi connectivity index (χ1) is 8.34. The van der Waals surface area contributed by atoms with Crippen LogP contribution in [0.15, 0.2) is 37.1 Å². The maximum atomic E-state index is 6.16. The molecule has 2 heterocycles. The minimum Gasteiger partial charge on any atom is -0.329 e. The van der Waals surface area contributed by atoms with Gasteiger partial charge in [-0.2, -0.15) is 0 Å². The van der Waals surface area contributed by atoms with Crippen molar-refractivity contribution >= 4 is 0 Å². The molecule has 0 aromatic carbocycles. The van der Waals surface area contributed by atoms with Gasteiger partial charge in [-0.25, -0.2) is 4.98 Å². The Balaban J connectivity index is 1.83. The van der Waals surface area contributed by atoms with Crippen LogP contribution in [0.3, 0.4) is 0 Å². The summed E-state index contributed by atoms with van der Waals surface area (Å²) >= 11 is 0. The van der Waals surface area contributed by atoms with Crippen molar-refractivity contribution in [1.82, 2.24) is 14.5 Å². The molecule has 17 heavy (non-hydrogen) atoms. The number of aromatic nitrogens is 3. The van der Waals surface area contributed by atoms with Crippen LogP contribution in [0.1, 0.15) is 12.8 Å². The Hall–Kier alpha value is -1.68. The molecule has 1 aliphatic rings. The monoisotopic (exact) mass is 228 g/mol. The number of rotatable bonds is 4. The Kier molecular flexibility index (Phi) is 2.65. The molecular weight excluding hydrogens is 212 g/mol. The van der Waals surface area contributed by atoms with Crippen molar-refractivity contribution in [3.05, 3.63) is 37.1 Å². The Morgan fingerprint density at radius 2 is 2.06 bits per heavy atom. The van der Waals surface area contributed by atoms with Gasteiger partial charge in [-0.05, 0) is 30.9 Å². The molecule has 1 fully saturated rings. The van der Waals surface area contributed by atoms with Gasteiger partial charge in [-0.1, -0.05) is 0 Å². The quantitative estimate of drug-likeness (QED) is 0.866. The summed E-state index contributed by atoms with van der Waals surface area (Å²) in [6.07, 6.45) is 9.90. The van der Waals surface area contributed by atoms with Crippen molar-refractivity contribution in [2.24, 2.45) is 11.7 Å². The first kappa shape index (κ1) is 10.5. The zero-order valence-electron chi connectivity index (χ0n) is 9.66. The van der Waals surface area contributed by atoms with Crippen LogP contribution in [0.4, 0.5) is 0 Å². The van der Waals surface area contributed by atoms with Crippen molar-refractivity contribution in [2.75, 3.05) is 0 Å². The second-order valence-electron chi connectivity index (χ2n) is 4.67. The highest BCUT2D eigenvalue weighted by molar-refractivity contribution is 5.57. The molecule has 3 rings (SSSR count). The van der Waals surface area contributed by atoms with Crippen molar-refractivity contribution < 1.29 is 0 Å². The van der Waals surface area contributed by atoms with Crippen LogP contribution in [-0.2, 0) is 6.54 Å². The summed E-state index contributed by atoms with van der Waals surface area (Å²) in [5, 5.41) is 0. The molecule has 2 aromatic rings. The van der Waals surface area contributed by atoms with Crippen LogP contribution in [0.25, 0.3) is 11.3 Å². The average molecular weight is 228 g/mol. The second kappa shape index (κ2) is 4.30. The van der Waals surface area contributed by atoms with E-state index in [0.717, 1.165) is 17.8 Å². The summed E-state index contributed by atoms with van der Waals surface area (Å²) in [6.45, 7) is 0.850. The molecular formula is C13H16N4. The van der Waals surface area contributed by atoms with Gasteiger partial charge in [-0.3, -0.25) is 4.98 Å². The maximum Gasteiger partial charge on any atom is 0.0951 e. The van der Waals surface area contributed by atoms with E-state index in [9.17, 15) is 0 Å². The fourth-order valence-electron chi connectivity index (χ4n) is 2.13. The molecule has 1 unspecified atom stereocenters. The van der Waals surface area contributed by atoms with E-state index in [4.69, 9.17) is 5.73 Å². The van der Waals surface area contributed by atoms with E-state index < -0.39 is 0 Å². The molecule has 1 saturated carbocycles. The smallest absolute Gasteiger partial charge is 0.0951 e. The van der Waals surface area contributed by atoms with E-state index in [1.807, 2.05) is 24.7 Å². The third kappa shape index (κ3) is 2.22. The number of pyridine rings is 1. The van der Waals surface area contributed by atoms with Gasteiger partial charge in [0.2, 0.25) is 0 Å². The summed E-state index contributed by atoms with van der Waals surface area (Å²) in [5.74, 6) is 0.711. The Bertz CT molecular complexity index is 487. The predicted molar refractivity (Wildman–Crippen MR) is 66.2 cm³/mol. The minimum atomic E-state index is 0.254. The zero-order chi connectivity index (χ0) is 11.7. The molecule has 0 amide bonds. The highest BCUT2D eigenvalue weighted by atomic mass is 15.1. The van der Waals surface area contributed by atoms with Crippen LogP contribution in [0.5, 0.6) is 0 Å². The molecule has 2 N–H and O–H groups in total. The highest BCUT2D eigenvalue weighted by Crippen LogP contribution is 2.32. The molecule has 0 aliphatic heterocycles. The van der Waals surface area contributed by atoms with E-state index in [-0.39, 0.29) is 6.04 Å². The third-order valence-electron chi connectivity index (χ3n) is 3.32. The molecule has 1 aliphatic carbocycles. The third-order valence-corrected chi connectivity index (χ3v) is 3.32. The number of nitrogens with two attached hydrogens (primary N) is 1. The van der Waals surface area contributed by atoms with E-state index >= 15 is 0 Å². The zero-order valence-corrected chi connectivity index (χ0v) is 9.66. The van der Waals surface area contributed by atoms with Crippen molar-refractivity contribution in [2.45, 2.75) is 25.4 Å². The number of hydrogen-bond donors (Lipinski definition) is 1. The first-order valence-electron chi connectivity index (χ1n) is 6.00. The summed E-state index contributed by atoms with van der Waals surface area (Å²) < 4.78 is 2.14. The number of imidazole rings is 1. The van der Waals surface area contributed by atoms with Gasteiger partial charge in [0.05, 0.1) is 18.2 Å². The molecule has 88 valence electrons. The van der Waals surface area contributed by atoms with Crippen LogP contribution >= 0.6 is 0 Å². The Morgan fingerprint density at radius 1 is 1.29 bits per heavy atom.